The van der Waals surface area contributed by atoms with E-state index in [9.17, 15) is 4.79 Å². The van der Waals surface area contributed by atoms with Crippen molar-refractivity contribution in [3.63, 3.8) is 0 Å². The molecule has 1 unspecified atom stereocenters. The fourth-order valence-corrected chi connectivity index (χ4v) is 2.74. The highest BCUT2D eigenvalue weighted by atomic mass is 16.4. The topological polar surface area (TPSA) is 37.3 Å². The van der Waals surface area contributed by atoms with Crippen LogP contribution in [0.15, 0.2) is 47.1 Å². The van der Waals surface area contributed by atoms with E-state index in [0.29, 0.717) is 0 Å². The summed E-state index contributed by atoms with van der Waals surface area (Å²) in [6.07, 6.45) is 13.6. The lowest BCUT2D eigenvalue weighted by Gasteiger charge is -2.32. The summed E-state index contributed by atoms with van der Waals surface area (Å²) in [5.41, 5.74) is 4.33. The number of allylic oxidation sites excluding steroid dienone is 7. The van der Waals surface area contributed by atoms with Crippen molar-refractivity contribution < 1.29 is 9.90 Å². The summed E-state index contributed by atoms with van der Waals surface area (Å²) in [5.74, 6) is -1.24. The van der Waals surface area contributed by atoms with Crippen molar-refractivity contribution in [1.82, 2.24) is 0 Å². The number of carbonyl (C=O) groups is 1. The molecule has 1 aliphatic carbocycles. The van der Waals surface area contributed by atoms with Gasteiger partial charge in [-0.3, -0.25) is 4.79 Å². The zero-order valence-corrected chi connectivity index (χ0v) is 13.9. The third-order valence-corrected chi connectivity index (χ3v) is 4.20. The first-order chi connectivity index (χ1) is 9.74. The molecule has 116 valence electrons. The van der Waals surface area contributed by atoms with Crippen LogP contribution in [-0.4, -0.2) is 11.1 Å². The zero-order chi connectivity index (χ0) is 16.0. The van der Waals surface area contributed by atoms with E-state index in [-0.39, 0.29) is 5.41 Å². The highest BCUT2D eigenvalue weighted by Crippen LogP contribution is 2.40. The van der Waals surface area contributed by atoms with Crippen LogP contribution in [0.2, 0.25) is 0 Å². The van der Waals surface area contributed by atoms with Gasteiger partial charge in [-0.15, -0.1) is 0 Å². The Hall–Kier alpha value is -1.57. The molecule has 0 aromatic heterocycles. The zero-order valence-electron chi connectivity index (χ0n) is 13.9. The van der Waals surface area contributed by atoms with E-state index in [1.165, 1.54) is 30.4 Å². The molecule has 0 heterocycles. The standard InChI is InChI=1S/C19H28O2/c1-14(8-6-9-16(3)18(20)21)11-12-17-15(2)10-7-13-19(17,4)5/h6,8-9,11-12,16H,7,10,13H2,1-5H3,(H,20,21)/b9-6+,12-11+,14-8+. The Morgan fingerprint density at radius 1 is 1.38 bits per heavy atom. The number of aliphatic carboxylic acids is 1. The van der Waals surface area contributed by atoms with Gasteiger partial charge in [-0.1, -0.05) is 55.4 Å². The molecule has 0 bridgehead atoms. The fraction of sp³-hybridized carbons (Fsp3) is 0.526. The molecule has 21 heavy (non-hydrogen) atoms. The minimum atomic E-state index is -0.794. The highest BCUT2D eigenvalue weighted by molar-refractivity contribution is 5.71. The van der Waals surface area contributed by atoms with Crippen LogP contribution >= 0.6 is 0 Å². The van der Waals surface area contributed by atoms with Gasteiger partial charge in [-0.25, -0.2) is 0 Å². The fourth-order valence-electron chi connectivity index (χ4n) is 2.74. The van der Waals surface area contributed by atoms with Gasteiger partial charge in [0.1, 0.15) is 0 Å². The molecule has 0 aromatic rings. The summed E-state index contributed by atoms with van der Waals surface area (Å²) in [4.78, 5) is 10.7. The molecule has 0 radical (unpaired) electrons. The van der Waals surface area contributed by atoms with Crippen molar-refractivity contribution in [1.29, 1.82) is 0 Å². The molecule has 0 saturated heterocycles. The predicted molar refractivity (Wildman–Crippen MR) is 89.2 cm³/mol. The molecule has 0 saturated carbocycles. The van der Waals surface area contributed by atoms with Crippen LogP contribution in [0.5, 0.6) is 0 Å². The normalized spacial score (nSPS) is 21.3. The first-order valence-corrected chi connectivity index (χ1v) is 7.70. The predicted octanol–water partition coefficient (Wildman–Crippen LogP) is 5.29. The van der Waals surface area contributed by atoms with E-state index in [1.54, 1.807) is 13.0 Å². The maximum Gasteiger partial charge on any atom is 0.310 e. The lowest BCUT2D eigenvalue weighted by Crippen LogP contribution is -2.19. The second kappa shape index (κ2) is 7.44. The molecule has 2 heteroatoms. The lowest BCUT2D eigenvalue weighted by molar-refractivity contribution is -0.139. The maximum absolute atomic E-state index is 10.7. The summed E-state index contributed by atoms with van der Waals surface area (Å²) >= 11 is 0. The van der Waals surface area contributed by atoms with Gasteiger partial charge >= 0.3 is 5.97 Å². The number of hydrogen-bond donors (Lipinski definition) is 1. The Morgan fingerprint density at radius 2 is 2.05 bits per heavy atom. The van der Waals surface area contributed by atoms with Crippen molar-refractivity contribution in [2.24, 2.45) is 11.3 Å². The van der Waals surface area contributed by atoms with Crippen LogP contribution in [0.1, 0.15) is 53.9 Å². The largest absolute Gasteiger partial charge is 0.481 e. The molecule has 0 aromatic carbocycles. The van der Waals surface area contributed by atoms with Gasteiger partial charge in [0.15, 0.2) is 0 Å². The SMILES string of the molecule is CC1=C(/C=C/C(C)=C/C=C/C(C)C(=O)O)C(C)(C)CCC1. The van der Waals surface area contributed by atoms with Gasteiger partial charge in [0, 0.05) is 0 Å². The van der Waals surface area contributed by atoms with Crippen LogP contribution in [0.4, 0.5) is 0 Å². The second-order valence-corrected chi connectivity index (χ2v) is 6.69. The van der Waals surface area contributed by atoms with E-state index in [4.69, 9.17) is 5.11 Å². The smallest absolute Gasteiger partial charge is 0.310 e. The van der Waals surface area contributed by atoms with Gasteiger partial charge in [-0.05, 0) is 51.0 Å². The average Bonchev–Trinajstić information content (AvgIpc) is 2.37. The van der Waals surface area contributed by atoms with Gasteiger partial charge < -0.3 is 5.11 Å². The summed E-state index contributed by atoms with van der Waals surface area (Å²) in [6, 6.07) is 0. The lowest BCUT2D eigenvalue weighted by atomic mass is 9.72. The number of hydrogen-bond acceptors (Lipinski definition) is 1. The van der Waals surface area contributed by atoms with Crippen molar-refractivity contribution in [3.8, 4) is 0 Å². The van der Waals surface area contributed by atoms with E-state index >= 15 is 0 Å². The summed E-state index contributed by atoms with van der Waals surface area (Å²) < 4.78 is 0. The first kappa shape index (κ1) is 17.5. The average molecular weight is 288 g/mol. The van der Waals surface area contributed by atoms with E-state index in [0.717, 1.165) is 5.57 Å². The Balaban J connectivity index is 2.78. The minimum absolute atomic E-state index is 0.257. The van der Waals surface area contributed by atoms with Crippen molar-refractivity contribution in [3.05, 3.63) is 47.1 Å². The Labute approximate surface area is 128 Å². The van der Waals surface area contributed by atoms with Crippen molar-refractivity contribution >= 4 is 5.97 Å². The summed E-state index contributed by atoms with van der Waals surface area (Å²) in [7, 11) is 0. The molecule has 0 aliphatic heterocycles. The number of carboxylic acids is 1. The first-order valence-electron chi connectivity index (χ1n) is 7.70. The van der Waals surface area contributed by atoms with Crippen LogP contribution in [0.3, 0.4) is 0 Å². The van der Waals surface area contributed by atoms with E-state index < -0.39 is 11.9 Å². The Morgan fingerprint density at radius 3 is 2.62 bits per heavy atom. The van der Waals surface area contributed by atoms with Crippen LogP contribution in [0.25, 0.3) is 0 Å². The van der Waals surface area contributed by atoms with E-state index in [1.807, 2.05) is 19.1 Å². The third-order valence-electron chi connectivity index (χ3n) is 4.20. The Kier molecular flexibility index (Phi) is 6.19. The molecule has 1 aliphatic rings. The molecule has 0 spiro atoms. The van der Waals surface area contributed by atoms with Gasteiger partial charge in [0.2, 0.25) is 0 Å². The second-order valence-electron chi connectivity index (χ2n) is 6.69. The van der Waals surface area contributed by atoms with Crippen LogP contribution in [-0.2, 0) is 4.79 Å². The van der Waals surface area contributed by atoms with E-state index in [2.05, 4.69) is 32.9 Å². The molecule has 2 nitrogen and oxygen atoms in total. The third kappa shape index (κ3) is 5.37. The molecule has 1 atom stereocenters. The molecule has 1 rings (SSSR count). The van der Waals surface area contributed by atoms with Gasteiger partial charge in [-0.2, -0.15) is 0 Å². The highest BCUT2D eigenvalue weighted by Gasteiger charge is 2.26. The molecular formula is C19H28O2. The Bertz CT molecular complexity index is 502. The van der Waals surface area contributed by atoms with Crippen molar-refractivity contribution in [2.45, 2.75) is 53.9 Å². The summed E-state index contributed by atoms with van der Waals surface area (Å²) in [5, 5.41) is 8.82. The van der Waals surface area contributed by atoms with Crippen LogP contribution in [0, 0.1) is 11.3 Å². The molecule has 0 fully saturated rings. The number of carboxylic acid groups (broad SMARTS) is 1. The quantitative estimate of drug-likeness (QED) is 0.698. The minimum Gasteiger partial charge on any atom is -0.481 e. The number of rotatable bonds is 5. The molecule has 0 amide bonds. The molecule has 1 N–H and O–H groups in total. The summed E-state index contributed by atoms with van der Waals surface area (Å²) in [6.45, 7) is 10.6. The monoisotopic (exact) mass is 288 g/mol. The van der Waals surface area contributed by atoms with Gasteiger partial charge in [0.25, 0.3) is 0 Å². The van der Waals surface area contributed by atoms with Crippen molar-refractivity contribution in [2.75, 3.05) is 0 Å². The maximum atomic E-state index is 10.7. The van der Waals surface area contributed by atoms with Crippen LogP contribution < -0.4 is 0 Å². The van der Waals surface area contributed by atoms with Gasteiger partial charge in [0.05, 0.1) is 5.92 Å². The molecular weight excluding hydrogens is 260 g/mol.